The van der Waals surface area contributed by atoms with E-state index in [0.717, 1.165) is 10.4 Å². The topological polar surface area (TPSA) is 86.1 Å². The third-order valence-corrected chi connectivity index (χ3v) is 5.18. The van der Waals surface area contributed by atoms with Crippen LogP contribution in [0.5, 0.6) is 5.75 Å². The molecule has 146 valence electrons. The van der Waals surface area contributed by atoms with Crippen LogP contribution in [-0.2, 0) is 0 Å². The Bertz CT molecular complexity index is 1250. The molecule has 29 heavy (non-hydrogen) atoms. The highest BCUT2D eigenvalue weighted by Crippen LogP contribution is 2.28. The van der Waals surface area contributed by atoms with E-state index in [1.165, 1.54) is 28.3 Å². The first-order chi connectivity index (χ1) is 14.0. The molecule has 2 aromatic carbocycles. The number of fused-ring (bicyclic) bond motifs is 1. The SMILES string of the molecule is CCOc1ccc(-n2ccc(=O)c(C(=O)Nc3nc4ccc(Cl)cc4s3)n2)cc1. The molecule has 0 spiro atoms. The van der Waals surface area contributed by atoms with Crippen molar-refractivity contribution in [3.63, 3.8) is 0 Å². The van der Waals surface area contributed by atoms with E-state index in [2.05, 4.69) is 15.4 Å². The van der Waals surface area contributed by atoms with E-state index in [0.29, 0.717) is 28.0 Å². The predicted octanol–water partition coefficient (Wildman–Crippen LogP) is 4.15. The van der Waals surface area contributed by atoms with E-state index in [1.807, 2.05) is 6.92 Å². The number of anilines is 1. The Hall–Kier alpha value is -3.23. The number of aromatic nitrogens is 3. The van der Waals surface area contributed by atoms with Crippen molar-refractivity contribution in [3.8, 4) is 11.4 Å². The summed E-state index contributed by atoms with van der Waals surface area (Å²) >= 11 is 7.25. The minimum absolute atomic E-state index is 0.223. The van der Waals surface area contributed by atoms with Gasteiger partial charge in [0.05, 0.1) is 22.5 Å². The summed E-state index contributed by atoms with van der Waals surface area (Å²) in [5.41, 5.74) is 0.701. The first kappa shape index (κ1) is 19.1. The molecular formula is C20H15ClN4O3S. The average molecular weight is 427 g/mol. The number of ether oxygens (including phenoxy) is 1. The summed E-state index contributed by atoms with van der Waals surface area (Å²) in [5, 5.41) is 7.78. The number of halogens is 1. The van der Waals surface area contributed by atoms with Crippen molar-refractivity contribution in [1.29, 1.82) is 0 Å². The molecule has 0 aliphatic carbocycles. The maximum Gasteiger partial charge on any atom is 0.281 e. The van der Waals surface area contributed by atoms with Gasteiger partial charge in [-0.25, -0.2) is 9.67 Å². The van der Waals surface area contributed by atoms with Gasteiger partial charge in [-0.1, -0.05) is 22.9 Å². The van der Waals surface area contributed by atoms with E-state index in [9.17, 15) is 9.59 Å². The molecular weight excluding hydrogens is 412 g/mol. The van der Waals surface area contributed by atoms with Crippen LogP contribution in [0.4, 0.5) is 5.13 Å². The molecule has 2 heterocycles. The van der Waals surface area contributed by atoms with Gasteiger partial charge in [-0.2, -0.15) is 5.10 Å². The van der Waals surface area contributed by atoms with E-state index >= 15 is 0 Å². The number of nitrogens with one attached hydrogen (secondary N) is 1. The van der Waals surface area contributed by atoms with Gasteiger partial charge in [0.1, 0.15) is 5.75 Å². The summed E-state index contributed by atoms with van der Waals surface area (Å²) in [6.45, 7) is 2.47. The molecule has 0 aliphatic heterocycles. The van der Waals surface area contributed by atoms with Crippen LogP contribution < -0.4 is 15.5 Å². The number of amides is 1. The van der Waals surface area contributed by atoms with E-state index < -0.39 is 11.3 Å². The van der Waals surface area contributed by atoms with Crippen molar-refractivity contribution >= 4 is 44.2 Å². The number of carbonyl (C=O) groups excluding carboxylic acids is 1. The molecule has 0 aliphatic rings. The first-order valence-corrected chi connectivity index (χ1v) is 9.93. The molecule has 0 unspecified atom stereocenters. The van der Waals surface area contributed by atoms with Crippen molar-refractivity contribution in [2.45, 2.75) is 6.92 Å². The Labute approximate surface area is 174 Å². The second-order valence-electron chi connectivity index (χ2n) is 5.99. The zero-order valence-corrected chi connectivity index (χ0v) is 16.8. The van der Waals surface area contributed by atoms with Crippen molar-refractivity contribution in [2.24, 2.45) is 0 Å². The van der Waals surface area contributed by atoms with Gasteiger partial charge >= 0.3 is 0 Å². The summed E-state index contributed by atoms with van der Waals surface area (Å²) < 4.78 is 7.71. The van der Waals surface area contributed by atoms with Gasteiger partial charge in [0.15, 0.2) is 10.8 Å². The van der Waals surface area contributed by atoms with Crippen LogP contribution in [0, 0.1) is 0 Å². The highest BCUT2D eigenvalue weighted by molar-refractivity contribution is 7.22. The van der Waals surface area contributed by atoms with Crippen molar-refractivity contribution in [1.82, 2.24) is 14.8 Å². The minimum atomic E-state index is -0.625. The second-order valence-corrected chi connectivity index (χ2v) is 7.45. The van der Waals surface area contributed by atoms with Gasteiger partial charge < -0.3 is 4.74 Å². The fourth-order valence-corrected chi connectivity index (χ4v) is 3.82. The monoisotopic (exact) mass is 426 g/mol. The van der Waals surface area contributed by atoms with E-state index in [4.69, 9.17) is 16.3 Å². The molecule has 0 atom stereocenters. The van der Waals surface area contributed by atoms with Crippen molar-refractivity contribution in [2.75, 3.05) is 11.9 Å². The number of carbonyl (C=O) groups is 1. The number of nitrogens with zero attached hydrogens (tertiary/aromatic N) is 3. The molecule has 0 bridgehead atoms. The van der Waals surface area contributed by atoms with Gasteiger partial charge in [0, 0.05) is 17.3 Å². The van der Waals surface area contributed by atoms with Crippen LogP contribution >= 0.6 is 22.9 Å². The lowest BCUT2D eigenvalue weighted by Crippen LogP contribution is -2.25. The zero-order valence-electron chi connectivity index (χ0n) is 15.3. The van der Waals surface area contributed by atoms with Crippen LogP contribution in [0.15, 0.2) is 59.5 Å². The van der Waals surface area contributed by atoms with Gasteiger partial charge in [0.2, 0.25) is 5.43 Å². The molecule has 4 aromatic rings. The molecule has 0 fully saturated rings. The fourth-order valence-electron chi connectivity index (χ4n) is 2.68. The van der Waals surface area contributed by atoms with Crippen molar-refractivity contribution in [3.05, 3.63) is 75.7 Å². The molecule has 2 aromatic heterocycles. The zero-order chi connectivity index (χ0) is 20.4. The fraction of sp³-hybridized carbons (Fsp3) is 0.100. The Kier molecular flexibility index (Phi) is 5.28. The number of rotatable bonds is 5. The maximum absolute atomic E-state index is 12.6. The van der Waals surface area contributed by atoms with Gasteiger partial charge in [-0.05, 0) is 49.4 Å². The first-order valence-electron chi connectivity index (χ1n) is 8.74. The Balaban J connectivity index is 1.60. The lowest BCUT2D eigenvalue weighted by atomic mass is 10.3. The molecule has 4 rings (SSSR count). The van der Waals surface area contributed by atoms with Gasteiger partial charge in [-0.3, -0.25) is 14.9 Å². The lowest BCUT2D eigenvalue weighted by molar-refractivity contribution is 0.101. The van der Waals surface area contributed by atoms with Crippen LogP contribution in [-0.4, -0.2) is 27.3 Å². The van der Waals surface area contributed by atoms with E-state index in [1.54, 1.807) is 42.5 Å². The van der Waals surface area contributed by atoms with Crippen LogP contribution in [0.1, 0.15) is 17.4 Å². The largest absolute Gasteiger partial charge is 0.494 e. The number of benzene rings is 2. The highest BCUT2D eigenvalue weighted by atomic mass is 35.5. The normalized spacial score (nSPS) is 10.8. The summed E-state index contributed by atoms with van der Waals surface area (Å²) in [5.74, 6) is 0.103. The molecule has 1 amide bonds. The standard InChI is InChI=1S/C20H15ClN4O3S/c1-2-28-14-6-4-13(5-7-14)25-10-9-16(26)18(24-25)19(27)23-20-22-15-8-3-12(21)11-17(15)29-20/h3-11H,2H2,1H3,(H,22,23,27). The predicted molar refractivity (Wildman–Crippen MR) is 114 cm³/mol. The quantitative estimate of drug-likeness (QED) is 0.518. The van der Waals surface area contributed by atoms with Crippen LogP contribution in [0.2, 0.25) is 5.02 Å². The third-order valence-electron chi connectivity index (χ3n) is 4.01. The molecule has 9 heteroatoms. The number of thiazole rings is 1. The summed E-state index contributed by atoms with van der Waals surface area (Å²) in [6.07, 6.45) is 1.51. The Morgan fingerprint density at radius 3 is 2.76 bits per heavy atom. The third kappa shape index (κ3) is 4.13. The average Bonchev–Trinajstić information content (AvgIpc) is 3.10. The number of hydrogen-bond acceptors (Lipinski definition) is 6. The smallest absolute Gasteiger partial charge is 0.281 e. The summed E-state index contributed by atoms with van der Waals surface area (Å²) in [7, 11) is 0. The summed E-state index contributed by atoms with van der Waals surface area (Å²) in [4.78, 5) is 29.2. The van der Waals surface area contributed by atoms with Gasteiger partial charge in [0.25, 0.3) is 5.91 Å². The highest BCUT2D eigenvalue weighted by Gasteiger charge is 2.16. The molecule has 7 nitrogen and oxygen atoms in total. The molecule has 0 saturated heterocycles. The number of hydrogen-bond donors (Lipinski definition) is 1. The van der Waals surface area contributed by atoms with Crippen LogP contribution in [0.3, 0.4) is 0 Å². The van der Waals surface area contributed by atoms with Gasteiger partial charge in [-0.15, -0.1) is 0 Å². The molecule has 0 radical (unpaired) electrons. The second kappa shape index (κ2) is 8.02. The lowest BCUT2D eigenvalue weighted by Gasteiger charge is -2.08. The summed E-state index contributed by atoms with van der Waals surface area (Å²) in [6, 6.07) is 13.7. The maximum atomic E-state index is 12.6. The Morgan fingerprint density at radius 1 is 1.21 bits per heavy atom. The Morgan fingerprint density at radius 2 is 2.00 bits per heavy atom. The van der Waals surface area contributed by atoms with E-state index in [-0.39, 0.29) is 5.69 Å². The van der Waals surface area contributed by atoms with Crippen molar-refractivity contribution < 1.29 is 9.53 Å². The molecule has 1 N–H and O–H groups in total. The van der Waals surface area contributed by atoms with Crippen LogP contribution in [0.25, 0.3) is 15.9 Å². The molecule has 0 saturated carbocycles. The minimum Gasteiger partial charge on any atom is -0.494 e.